The first kappa shape index (κ1) is 19.9. The number of anilines is 1. The summed E-state index contributed by atoms with van der Waals surface area (Å²) in [6.45, 7) is 0.0184. The molecule has 3 amide bonds. The summed E-state index contributed by atoms with van der Waals surface area (Å²) in [7, 11) is 0. The van der Waals surface area contributed by atoms with Gasteiger partial charge in [-0.2, -0.15) is 0 Å². The Balaban J connectivity index is 1.91. The van der Waals surface area contributed by atoms with Gasteiger partial charge in [-0.15, -0.1) is 0 Å². The molecule has 0 unspecified atom stereocenters. The maximum atomic E-state index is 13.2. The third kappa shape index (κ3) is 4.55. The van der Waals surface area contributed by atoms with Gasteiger partial charge in [0.2, 0.25) is 11.8 Å². The third-order valence-electron chi connectivity index (χ3n) is 4.43. The first-order valence-corrected chi connectivity index (χ1v) is 8.74. The molecule has 0 spiro atoms. The normalized spacial score (nSPS) is 16.4. The molecule has 2 aromatic carbocycles. The van der Waals surface area contributed by atoms with Crippen LogP contribution in [0.4, 0.5) is 10.1 Å². The zero-order chi connectivity index (χ0) is 21.0. The molecule has 148 valence electrons. The Labute approximate surface area is 165 Å². The number of nitrogens with zero attached hydrogens (tertiary/aromatic N) is 2. The van der Waals surface area contributed by atoms with Gasteiger partial charge in [0.25, 0.3) is 5.91 Å². The maximum absolute atomic E-state index is 13.2. The molecule has 1 heterocycles. The molecule has 0 bridgehead atoms. The summed E-state index contributed by atoms with van der Waals surface area (Å²) in [4.78, 5) is 50.9. The van der Waals surface area contributed by atoms with Gasteiger partial charge >= 0.3 is 5.97 Å². The van der Waals surface area contributed by atoms with Gasteiger partial charge in [-0.25, -0.2) is 14.1 Å². The summed E-state index contributed by atoms with van der Waals surface area (Å²) in [5.74, 6) is -3.68. The summed E-state index contributed by atoms with van der Waals surface area (Å²) >= 11 is 0. The van der Waals surface area contributed by atoms with E-state index in [0.29, 0.717) is 11.6 Å². The van der Waals surface area contributed by atoms with E-state index in [4.69, 9.17) is 5.11 Å². The lowest BCUT2D eigenvalue weighted by Crippen LogP contribution is -2.44. The Bertz CT molecular complexity index is 972. The van der Waals surface area contributed by atoms with Crippen LogP contribution in [0.25, 0.3) is 0 Å². The van der Waals surface area contributed by atoms with Crippen LogP contribution in [0.2, 0.25) is 0 Å². The zero-order valence-electron chi connectivity index (χ0n) is 15.2. The molecule has 0 radical (unpaired) electrons. The first-order chi connectivity index (χ1) is 13.9. The largest absolute Gasteiger partial charge is 0.478 e. The number of carboxylic acids is 1. The molecule has 0 saturated carbocycles. The standard InChI is InChI=1S/C21H17FN2O5/c22-15-6-8-16(9-7-15)24-19(26)12-17(21(24)29)23(18(25)10-11-20(27)28)13-14-4-2-1-3-5-14/h1-11,17H,12-13H2,(H,27,28)/b11-10+/t17-/m0/s1. The van der Waals surface area contributed by atoms with E-state index >= 15 is 0 Å². The molecule has 1 atom stereocenters. The predicted molar refractivity (Wildman–Crippen MR) is 101 cm³/mol. The number of imide groups is 1. The second-order valence-electron chi connectivity index (χ2n) is 6.39. The van der Waals surface area contributed by atoms with E-state index in [1.807, 2.05) is 0 Å². The lowest BCUT2D eigenvalue weighted by Gasteiger charge is -2.26. The fraction of sp³-hybridized carbons (Fsp3) is 0.143. The van der Waals surface area contributed by atoms with Crippen molar-refractivity contribution in [3.05, 3.63) is 78.1 Å². The van der Waals surface area contributed by atoms with E-state index < -0.39 is 35.5 Å². The van der Waals surface area contributed by atoms with Crippen LogP contribution in [-0.4, -0.2) is 39.7 Å². The molecule has 8 heteroatoms. The molecule has 1 saturated heterocycles. The molecule has 0 aliphatic carbocycles. The van der Waals surface area contributed by atoms with Crippen LogP contribution in [-0.2, 0) is 25.7 Å². The second kappa shape index (κ2) is 8.47. The maximum Gasteiger partial charge on any atom is 0.328 e. The van der Waals surface area contributed by atoms with Crippen molar-refractivity contribution in [2.45, 2.75) is 19.0 Å². The lowest BCUT2D eigenvalue weighted by atomic mass is 10.1. The average Bonchev–Trinajstić information content (AvgIpc) is 2.99. The van der Waals surface area contributed by atoms with E-state index in [-0.39, 0.29) is 18.7 Å². The average molecular weight is 396 g/mol. The number of benzene rings is 2. The van der Waals surface area contributed by atoms with Gasteiger partial charge in [-0.1, -0.05) is 30.3 Å². The van der Waals surface area contributed by atoms with Crippen LogP contribution in [0.1, 0.15) is 12.0 Å². The van der Waals surface area contributed by atoms with Crippen LogP contribution in [0.5, 0.6) is 0 Å². The first-order valence-electron chi connectivity index (χ1n) is 8.74. The molecular formula is C21H17FN2O5. The number of aliphatic carboxylic acids is 1. The summed E-state index contributed by atoms with van der Waals surface area (Å²) in [6.07, 6.45) is 1.28. The summed E-state index contributed by atoms with van der Waals surface area (Å²) in [5.41, 5.74) is 0.919. The SMILES string of the molecule is O=C(O)/C=C/C(=O)N(Cc1ccccc1)[C@H]1CC(=O)N(c2ccc(F)cc2)C1=O. The molecule has 1 N–H and O–H groups in total. The van der Waals surface area contributed by atoms with Crippen LogP contribution >= 0.6 is 0 Å². The smallest absolute Gasteiger partial charge is 0.328 e. The Morgan fingerprint density at radius 3 is 2.34 bits per heavy atom. The monoisotopic (exact) mass is 396 g/mol. The van der Waals surface area contributed by atoms with Crippen molar-refractivity contribution in [2.75, 3.05) is 4.90 Å². The fourth-order valence-electron chi connectivity index (χ4n) is 3.08. The number of amides is 3. The van der Waals surface area contributed by atoms with E-state index in [2.05, 4.69) is 0 Å². The van der Waals surface area contributed by atoms with Gasteiger partial charge in [0.15, 0.2) is 0 Å². The highest BCUT2D eigenvalue weighted by Crippen LogP contribution is 2.27. The molecule has 1 fully saturated rings. The third-order valence-corrected chi connectivity index (χ3v) is 4.43. The molecule has 1 aliphatic heterocycles. The topological polar surface area (TPSA) is 95.0 Å². The Morgan fingerprint density at radius 2 is 1.72 bits per heavy atom. The molecule has 1 aliphatic rings. The van der Waals surface area contributed by atoms with Crippen molar-refractivity contribution >= 4 is 29.4 Å². The quantitative estimate of drug-likeness (QED) is 0.596. The second-order valence-corrected chi connectivity index (χ2v) is 6.39. The lowest BCUT2D eigenvalue weighted by molar-refractivity contribution is -0.135. The van der Waals surface area contributed by atoms with Gasteiger partial charge in [0.05, 0.1) is 12.1 Å². The molecule has 3 rings (SSSR count). The van der Waals surface area contributed by atoms with Gasteiger partial charge in [-0.05, 0) is 29.8 Å². The number of hydrogen-bond acceptors (Lipinski definition) is 4. The van der Waals surface area contributed by atoms with Gasteiger partial charge in [-0.3, -0.25) is 14.4 Å². The van der Waals surface area contributed by atoms with Crippen molar-refractivity contribution in [3.8, 4) is 0 Å². The number of rotatable bonds is 6. The number of halogens is 1. The van der Waals surface area contributed by atoms with Crippen molar-refractivity contribution in [2.24, 2.45) is 0 Å². The van der Waals surface area contributed by atoms with Crippen molar-refractivity contribution in [1.29, 1.82) is 0 Å². The van der Waals surface area contributed by atoms with E-state index in [0.717, 1.165) is 23.1 Å². The highest BCUT2D eigenvalue weighted by molar-refractivity contribution is 6.23. The Hall–Kier alpha value is -3.81. The summed E-state index contributed by atoms with van der Waals surface area (Å²) < 4.78 is 13.2. The molecule has 2 aromatic rings. The van der Waals surface area contributed by atoms with Crippen LogP contribution in [0, 0.1) is 5.82 Å². The zero-order valence-corrected chi connectivity index (χ0v) is 15.2. The minimum atomic E-state index is -1.31. The molecule has 0 aromatic heterocycles. The summed E-state index contributed by atoms with van der Waals surface area (Å²) in [6, 6.07) is 12.6. The van der Waals surface area contributed by atoms with E-state index in [9.17, 15) is 23.6 Å². The van der Waals surface area contributed by atoms with Crippen LogP contribution < -0.4 is 4.90 Å². The Kier molecular flexibility index (Phi) is 5.82. The van der Waals surface area contributed by atoms with Crippen LogP contribution in [0.3, 0.4) is 0 Å². The van der Waals surface area contributed by atoms with Crippen LogP contribution in [0.15, 0.2) is 66.7 Å². The van der Waals surface area contributed by atoms with Crippen molar-refractivity contribution in [1.82, 2.24) is 4.90 Å². The van der Waals surface area contributed by atoms with Crippen molar-refractivity contribution < 1.29 is 28.7 Å². The minimum absolute atomic E-state index is 0.0184. The van der Waals surface area contributed by atoms with Gasteiger partial charge in [0.1, 0.15) is 11.9 Å². The van der Waals surface area contributed by atoms with Gasteiger partial charge in [0, 0.05) is 18.7 Å². The van der Waals surface area contributed by atoms with Crippen molar-refractivity contribution in [3.63, 3.8) is 0 Å². The highest BCUT2D eigenvalue weighted by Gasteiger charge is 2.44. The summed E-state index contributed by atoms with van der Waals surface area (Å²) in [5, 5.41) is 8.79. The van der Waals surface area contributed by atoms with Gasteiger partial charge < -0.3 is 10.0 Å². The minimum Gasteiger partial charge on any atom is -0.478 e. The number of carbonyl (C=O) groups is 4. The van der Waals surface area contributed by atoms with E-state index in [1.54, 1.807) is 30.3 Å². The molecular weight excluding hydrogens is 379 g/mol. The fourth-order valence-corrected chi connectivity index (χ4v) is 3.08. The Morgan fingerprint density at radius 1 is 1.07 bits per heavy atom. The predicted octanol–water partition coefficient (Wildman–Crippen LogP) is 2.13. The van der Waals surface area contributed by atoms with E-state index in [1.165, 1.54) is 17.0 Å². The number of carboxylic acid groups (broad SMARTS) is 1. The number of carbonyl (C=O) groups excluding carboxylic acids is 3. The molecule has 7 nitrogen and oxygen atoms in total. The molecule has 29 heavy (non-hydrogen) atoms. The highest BCUT2D eigenvalue weighted by atomic mass is 19.1. The number of hydrogen-bond donors (Lipinski definition) is 1.